The number of hydrogen-bond donors (Lipinski definition) is 2. The van der Waals surface area contributed by atoms with Crippen molar-refractivity contribution in [2.75, 3.05) is 10.6 Å². The predicted molar refractivity (Wildman–Crippen MR) is 86.3 cm³/mol. The molecule has 2 rings (SSSR count). The van der Waals surface area contributed by atoms with E-state index in [9.17, 15) is 0 Å². The van der Waals surface area contributed by atoms with Crippen molar-refractivity contribution in [3.8, 4) is 5.75 Å². The van der Waals surface area contributed by atoms with Crippen molar-refractivity contribution in [1.29, 1.82) is 0 Å². The molecule has 0 atom stereocenters. The SMILES string of the molecule is CC(C)Nc1cc(Nc2ccc(OC(C)C)cc2)ncn1. The Kier molecular flexibility index (Phi) is 4.98. The van der Waals surface area contributed by atoms with Crippen LogP contribution in [0.2, 0.25) is 0 Å². The molecule has 0 radical (unpaired) electrons. The lowest BCUT2D eigenvalue weighted by Gasteiger charge is -2.12. The first-order valence-electron chi connectivity index (χ1n) is 7.15. The first kappa shape index (κ1) is 15.1. The third-order valence-electron chi connectivity index (χ3n) is 2.60. The summed E-state index contributed by atoms with van der Waals surface area (Å²) >= 11 is 0. The fourth-order valence-corrected chi connectivity index (χ4v) is 1.84. The van der Waals surface area contributed by atoms with Gasteiger partial charge < -0.3 is 15.4 Å². The molecule has 2 aromatic rings. The number of nitrogens with zero attached hydrogens (tertiary/aromatic N) is 2. The zero-order chi connectivity index (χ0) is 15.2. The van der Waals surface area contributed by atoms with Crippen LogP contribution < -0.4 is 15.4 Å². The van der Waals surface area contributed by atoms with Crippen LogP contribution in [0.1, 0.15) is 27.7 Å². The summed E-state index contributed by atoms with van der Waals surface area (Å²) in [5.74, 6) is 2.42. The normalized spacial score (nSPS) is 10.8. The highest BCUT2D eigenvalue weighted by Crippen LogP contribution is 2.20. The monoisotopic (exact) mass is 286 g/mol. The molecule has 0 saturated heterocycles. The summed E-state index contributed by atoms with van der Waals surface area (Å²) in [6, 6.07) is 10.0. The van der Waals surface area contributed by atoms with Gasteiger partial charge in [-0.3, -0.25) is 0 Å². The van der Waals surface area contributed by atoms with Crippen molar-refractivity contribution >= 4 is 17.3 Å². The van der Waals surface area contributed by atoms with Crippen LogP contribution in [0.5, 0.6) is 5.75 Å². The van der Waals surface area contributed by atoms with E-state index in [1.165, 1.54) is 0 Å². The molecule has 0 bridgehead atoms. The number of anilines is 3. The maximum Gasteiger partial charge on any atom is 0.135 e. The van der Waals surface area contributed by atoms with E-state index in [2.05, 4.69) is 34.4 Å². The highest BCUT2D eigenvalue weighted by Gasteiger charge is 2.02. The van der Waals surface area contributed by atoms with Crippen LogP contribution in [0.15, 0.2) is 36.7 Å². The van der Waals surface area contributed by atoms with Crippen molar-refractivity contribution < 1.29 is 4.74 Å². The maximum absolute atomic E-state index is 5.62. The molecule has 2 N–H and O–H groups in total. The molecule has 1 aromatic carbocycles. The third-order valence-corrected chi connectivity index (χ3v) is 2.60. The van der Waals surface area contributed by atoms with Crippen LogP contribution in [-0.2, 0) is 0 Å². The van der Waals surface area contributed by atoms with Crippen molar-refractivity contribution in [3.63, 3.8) is 0 Å². The van der Waals surface area contributed by atoms with E-state index >= 15 is 0 Å². The molecule has 0 amide bonds. The van der Waals surface area contributed by atoms with Gasteiger partial charge in [0.25, 0.3) is 0 Å². The molecule has 0 fully saturated rings. The van der Waals surface area contributed by atoms with Gasteiger partial charge in [0.05, 0.1) is 6.10 Å². The number of hydrogen-bond acceptors (Lipinski definition) is 5. The van der Waals surface area contributed by atoms with Gasteiger partial charge >= 0.3 is 0 Å². The van der Waals surface area contributed by atoms with Gasteiger partial charge in [-0.1, -0.05) is 0 Å². The standard InChI is InChI=1S/C16H22N4O/c1-11(2)19-15-9-16(18-10-17-15)20-13-5-7-14(8-6-13)21-12(3)4/h5-12H,1-4H3,(H2,17,18,19,20). The Morgan fingerprint density at radius 2 is 1.62 bits per heavy atom. The Hall–Kier alpha value is -2.30. The van der Waals surface area contributed by atoms with Gasteiger partial charge in [-0.05, 0) is 52.0 Å². The first-order chi connectivity index (χ1) is 10.0. The summed E-state index contributed by atoms with van der Waals surface area (Å²) in [5, 5.41) is 6.50. The topological polar surface area (TPSA) is 59.1 Å². The summed E-state index contributed by atoms with van der Waals surface area (Å²) in [7, 11) is 0. The Morgan fingerprint density at radius 3 is 2.24 bits per heavy atom. The van der Waals surface area contributed by atoms with Crippen LogP contribution in [-0.4, -0.2) is 22.1 Å². The van der Waals surface area contributed by atoms with Gasteiger partial charge in [0.1, 0.15) is 23.7 Å². The minimum absolute atomic E-state index is 0.176. The molecule has 112 valence electrons. The smallest absolute Gasteiger partial charge is 0.135 e. The number of rotatable bonds is 6. The van der Waals surface area contributed by atoms with E-state index in [1.807, 2.05) is 44.2 Å². The number of ether oxygens (including phenoxy) is 1. The second kappa shape index (κ2) is 6.92. The number of nitrogens with one attached hydrogen (secondary N) is 2. The molecule has 0 aliphatic rings. The molecular formula is C16H22N4O. The van der Waals surface area contributed by atoms with Crippen LogP contribution in [0.25, 0.3) is 0 Å². The number of aromatic nitrogens is 2. The Morgan fingerprint density at radius 1 is 0.952 bits per heavy atom. The van der Waals surface area contributed by atoms with E-state index in [4.69, 9.17) is 4.74 Å². The van der Waals surface area contributed by atoms with E-state index in [0.717, 1.165) is 23.1 Å². The lowest BCUT2D eigenvalue weighted by Crippen LogP contribution is -2.11. The van der Waals surface area contributed by atoms with Crippen LogP contribution in [0.3, 0.4) is 0 Å². The van der Waals surface area contributed by atoms with E-state index in [0.29, 0.717) is 6.04 Å². The van der Waals surface area contributed by atoms with Crippen molar-refractivity contribution in [3.05, 3.63) is 36.7 Å². The maximum atomic E-state index is 5.62. The van der Waals surface area contributed by atoms with E-state index in [1.54, 1.807) is 6.33 Å². The second-order valence-corrected chi connectivity index (χ2v) is 5.40. The lowest BCUT2D eigenvalue weighted by atomic mass is 10.3. The zero-order valence-electron chi connectivity index (χ0n) is 12.9. The van der Waals surface area contributed by atoms with Crippen molar-refractivity contribution in [1.82, 2.24) is 9.97 Å². The Balaban J connectivity index is 2.04. The van der Waals surface area contributed by atoms with Crippen molar-refractivity contribution in [2.24, 2.45) is 0 Å². The van der Waals surface area contributed by atoms with Gasteiger partial charge in [0.2, 0.25) is 0 Å². The van der Waals surface area contributed by atoms with Gasteiger partial charge in [-0.2, -0.15) is 0 Å². The van der Waals surface area contributed by atoms with Crippen LogP contribution >= 0.6 is 0 Å². The lowest BCUT2D eigenvalue weighted by molar-refractivity contribution is 0.242. The molecule has 0 spiro atoms. The quantitative estimate of drug-likeness (QED) is 0.845. The largest absolute Gasteiger partial charge is 0.491 e. The molecule has 1 aromatic heterocycles. The molecule has 5 heteroatoms. The van der Waals surface area contributed by atoms with Gasteiger partial charge in [0.15, 0.2) is 0 Å². The highest BCUT2D eigenvalue weighted by atomic mass is 16.5. The average molecular weight is 286 g/mol. The van der Waals surface area contributed by atoms with Gasteiger partial charge in [-0.15, -0.1) is 0 Å². The summed E-state index contributed by atoms with van der Waals surface area (Å²) < 4.78 is 5.62. The fourth-order valence-electron chi connectivity index (χ4n) is 1.84. The van der Waals surface area contributed by atoms with E-state index < -0.39 is 0 Å². The molecule has 0 aliphatic heterocycles. The summed E-state index contributed by atoms with van der Waals surface area (Å²) in [6.07, 6.45) is 1.72. The van der Waals surface area contributed by atoms with Gasteiger partial charge in [-0.25, -0.2) is 9.97 Å². The molecule has 5 nitrogen and oxygen atoms in total. The fraction of sp³-hybridized carbons (Fsp3) is 0.375. The summed E-state index contributed by atoms with van der Waals surface area (Å²) in [5.41, 5.74) is 0.959. The third kappa shape index (κ3) is 4.95. The molecule has 1 heterocycles. The van der Waals surface area contributed by atoms with Crippen molar-refractivity contribution in [2.45, 2.75) is 39.8 Å². The number of benzene rings is 1. The molecule has 0 saturated carbocycles. The molecule has 0 unspecified atom stereocenters. The van der Waals surface area contributed by atoms with Gasteiger partial charge in [0, 0.05) is 17.8 Å². The zero-order valence-corrected chi connectivity index (χ0v) is 12.9. The summed E-state index contributed by atoms with van der Waals surface area (Å²) in [6.45, 7) is 8.16. The second-order valence-electron chi connectivity index (χ2n) is 5.40. The molecular weight excluding hydrogens is 264 g/mol. The minimum atomic E-state index is 0.176. The summed E-state index contributed by atoms with van der Waals surface area (Å²) in [4.78, 5) is 8.41. The molecule has 0 aliphatic carbocycles. The Labute approximate surface area is 125 Å². The van der Waals surface area contributed by atoms with Crippen LogP contribution in [0.4, 0.5) is 17.3 Å². The van der Waals surface area contributed by atoms with E-state index in [-0.39, 0.29) is 6.10 Å². The average Bonchev–Trinajstić information content (AvgIpc) is 2.40. The first-order valence-corrected chi connectivity index (χ1v) is 7.15. The minimum Gasteiger partial charge on any atom is -0.491 e. The Bertz CT molecular complexity index is 567. The predicted octanol–water partition coefficient (Wildman–Crippen LogP) is 3.83. The highest BCUT2D eigenvalue weighted by molar-refractivity contribution is 5.59. The van der Waals surface area contributed by atoms with Crippen LogP contribution in [0, 0.1) is 0 Å². The molecule has 21 heavy (non-hydrogen) atoms.